The van der Waals surface area contributed by atoms with Gasteiger partial charge in [-0.1, -0.05) is 31.2 Å². The molecule has 0 bridgehead atoms. The molecule has 3 aromatic rings. The molecule has 1 aromatic heterocycles. The standard InChI is InChI=1S/C27H34N4O4/c1-4-15-28-27(32)30(18-24-14-9-16-34-24)19-25-20(2)29-31(21-10-6-5-7-11-21)26(25)35-23-13-8-12-22(17-23)33-3/h5-8,10-13,17,24H,4,9,14-16,18-19H2,1-3H3,(H,28,32)/t24-/m0/s1. The SMILES string of the molecule is CCCNC(=O)N(Cc1c(C)nn(-c2ccccc2)c1Oc1cccc(OC)c1)C[C@@H]1CCCO1. The smallest absolute Gasteiger partial charge is 0.317 e. The van der Waals surface area contributed by atoms with Crippen LogP contribution in [0, 0.1) is 6.92 Å². The van der Waals surface area contributed by atoms with Gasteiger partial charge in [0.05, 0.1) is 36.7 Å². The van der Waals surface area contributed by atoms with Crippen molar-refractivity contribution >= 4 is 6.03 Å². The number of amides is 2. The lowest BCUT2D eigenvalue weighted by Crippen LogP contribution is -2.43. The van der Waals surface area contributed by atoms with E-state index >= 15 is 0 Å². The minimum Gasteiger partial charge on any atom is -0.497 e. The number of ether oxygens (including phenoxy) is 3. The minimum atomic E-state index is -0.110. The van der Waals surface area contributed by atoms with E-state index in [0.717, 1.165) is 42.8 Å². The van der Waals surface area contributed by atoms with Crippen molar-refractivity contribution in [1.82, 2.24) is 20.0 Å². The lowest BCUT2D eigenvalue weighted by molar-refractivity contribution is 0.0793. The second-order valence-electron chi connectivity index (χ2n) is 8.64. The van der Waals surface area contributed by atoms with E-state index in [1.807, 2.05) is 73.3 Å². The van der Waals surface area contributed by atoms with Crippen molar-refractivity contribution in [2.24, 2.45) is 0 Å². The van der Waals surface area contributed by atoms with E-state index in [1.54, 1.807) is 11.8 Å². The Morgan fingerprint density at radius 1 is 1.20 bits per heavy atom. The van der Waals surface area contributed by atoms with Gasteiger partial charge in [-0.2, -0.15) is 5.10 Å². The van der Waals surface area contributed by atoms with Gasteiger partial charge in [0.25, 0.3) is 0 Å². The van der Waals surface area contributed by atoms with E-state index in [-0.39, 0.29) is 12.1 Å². The summed E-state index contributed by atoms with van der Waals surface area (Å²) in [5.74, 6) is 1.90. The number of hydrogen-bond donors (Lipinski definition) is 1. The Labute approximate surface area is 206 Å². The Morgan fingerprint density at radius 3 is 2.71 bits per heavy atom. The molecule has 1 atom stereocenters. The van der Waals surface area contributed by atoms with Crippen LogP contribution >= 0.6 is 0 Å². The van der Waals surface area contributed by atoms with Crippen molar-refractivity contribution in [3.8, 4) is 23.1 Å². The Bertz CT molecular complexity index is 1110. The fraction of sp³-hybridized carbons (Fsp3) is 0.407. The molecule has 2 heterocycles. The molecule has 35 heavy (non-hydrogen) atoms. The van der Waals surface area contributed by atoms with Crippen LogP contribution in [0.1, 0.15) is 37.4 Å². The number of nitrogens with one attached hydrogen (secondary N) is 1. The third kappa shape index (κ3) is 6.14. The number of methoxy groups -OCH3 is 1. The van der Waals surface area contributed by atoms with Gasteiger partial charge >= 0.3 is 6.03 Å². The largest absolute Gasteiger partial charge is 0.497 e. The molecule has 8 nitrogen and oxygen atoms in total. The zero-order valence-corrected chi connectivity index (χ0v) is 20.7. The number of benzene rings is 2. The summed E-state index contributed by atoms with van der Waals surface area (Å²) >= 11 is 0. The van der Waals surface area contributed by atoms with Crippen molar-refractivity contribution in [2.75, 3.05) is 26.8 Å². The highest BCUT2D eigenvalue weighted by Gasteiger charge is 2.27. The van der Waals surface area contributed by atoms with Crippen LogP contribution in [0.4, 0.5) is 4.79 Å². The number of aryl methyl sites for hydroxylation is 1. The van der Waals surface area contributed by atoms with Crippen molar-refractivity contribution in [1.29, 1.82) is 0 Å². The van der Waals surface area contributed by atoms with Crippen LogP contribution in [0.2, 0.25) is 0 Å². The number of para-hydroxylation sites is 1. The third-order valence-electron chi connectivity index (χ3n) is 6.00. The van der Waals surface area contributed by atoms with Crippen LogP contribution in [0.15, 0.2) is 54.6 Å². The molecule has 186 valence electrons. The number of nitrogens with zero attached hydrogens (tertiary/aromatic N) is 3. The summed E-state index contributed by atoms with van der Waals surface area (Å²) in [5.41, 5.74) is 2.52. The molecule has 1 aliphatic rings. The Morgan fingerprint density at radius 2 is 2.00 bits per heavy atom. The molecule has 0 unspecified atom stereocenters. The first-order valence-electron chi connectivity index (χ1n) is 12.2. The van der Waals surface area contributed by atoms with Crippen molar-refractivity contribution < 1.29 is 19.0 Å². The van der Waals surface area contributed by atoms with Gasteiger partial charge in [0.2, 0.25) is 5.88 Å². The van der Waals surface area contributed by atoms with Gasteiger partial charge in [-0.05, 0) is 50.5 Å². The van der Waals surface area contributed by atoms with Gasteiger partial charge in [-0.15, -0.1) is 0 Å². The van der Waals surface area contributed by atoms with Crippen LogP contribution in [0.25, 0.3) is 5.69 Å². The number of aromatic nitrogens is 2. The third-order valence-corrected chi connectivity index (χ3v) is 6.00. The molecule has 0 saturated carbocycles. The highest BCUT2D eigenvalue weighted by atomic mass is 16.5. The van der Waals surface area contributed by atoms with E-state index in [1.165, 1.54) is 0 Å². The zero-order valence-electron chi connectivity index (χ0n) is 20.7. The number of carbonyl (C=O) groups is 1. The second kappa shape index (κ2) is 11.8. The average molecular weight is 479 g/mol. The van der Waals surface area contributed by atoms with Crippen molar-refractivity contribution in [3.63, 3.8) is 0 Å². The van der Waals surface area contributed by atoms with Crippen LogP contribution in [-0.2, 0) is 11.3 Å². The summed E-state index contributed by atoms with van der Waals surface area (Å²) in [6.07, 6.45) is 2.88. The topological polar surface area (TPSA) is 77.9 Å². The fourth-order valence-corrected chi connectivity index (χ4v) is 4.13. The molecule has 0 spiro atoms. The van der Waals surface area contributed by atoms with E-state index < -0.39 is 0 Å². The first kappa shape index (κ1) is 24.6. The number of carbonyl (C=O) groups excluding carboxylic acids is 1. The predicted octanol–water partition coefficient (Wildman–Crippen LogP) is 5.08. The first-order chi connectivity index (χ1) is 17.1. The van der Waals surface area contributed by atoms with Gasteiger partial charge in [0.1, 0.15) is 11.5 Å². The predicted molar refractivity (Wildman–Crippen MR) is 134 cm³/mol. The zero-order chi connectivity index (χ0) is 24.6. The molecule has 0 radical (unpaired) electrons. The molecule has 1 fully saturated rings. The first-order valence-corrected chi connectivity index (χ1v) is 12.2. The van der Waals surface area contributed by atoms with Crippen LogP contribution in [0.5, 0.6) is 17.4 Å². The molecule has 2 amide bonds. The van der Waals surface area contributed by atoms with E-state index in [9.17, 15) is 4.79 Å². The molecule has 1 saturated heterocycles. The summed E-state index contributed by atoms with van der Waals surface area (Å²) in [6, 6.07) is 17.2. The van der Waals surface area contributed by atoms with Crippen LogP contribution in [0.3, 0.4) is 0 Å². The Kier molecular flexibility index (Phi) is 8.26. The quantitative estimate of drug-likeness (QED) is 0.440. The molecule has 4 rings (SSSR count). The number of urea groups is 1. The summed E-state index contributed by atoms with van der Waals surface area (Å²) in [4.78, 5) is 14.9. The maximum Gasteiger partial charge on any atom is 0.317 e. The van der Waals surface area contributed by atoms with E-state index in [2.05, 4.69) is 5.32 Å². The summed E-state index contributed by atoms with van der Waals surface area (Å²) < 4.78 is 19.4. The van der Waals surface area contributed by atoms with Crippen LogP contribution in [-0.4, -0.2) is 53.6 Å². The summed E-state index contributed by atoms with van der Waals surface area (Å²) in [5, 5.41) is 7.81. The van der Waals surface area contributed by atoms with Crippen molar-refractivity contribution in [2.45, 2.75) is 45.8 Å². The van der Waals surface area contributed by atoms with E-state index in [0.29, 0.717) is 37.0 Å². The molecule has 2 aromatic carbocycles. The highest BCUT2D eigenvalue weighted by Crippen LogP contribution is 2.33. The average Bonchev–Trinajstić information content (AvgIpc) is 3.51. The second-order valence-corrected chi connectivity index (χ2v) is 8.64. The summed E-state index contributed by atoms with van der Waals surface area (Å²) in [7, 11) is 1.63. The molecule has 1 aliphatic heterocycles. The number of hydrogen-bond acceptors (Lipinski definition) is 5. The van der Waals surface area contributed by atoms with Gasteiger partial charge in [0, 0.05) is 25.8 Å². The lowest BCUT2D eigenvalue weighted by atomic mass is 10.2. The maximum absolute atomic E-state index is 13.1. The molecule has 8 heteroatoms. The molecular formula is C27H34N4O4. The van der Waals surface area contributed by atoms with Gasteiger partial charge in [-0.25, -0.2) is 9.48 Å². The Hall–Kier alpha value is -3.52. The van der Waals surface area contributed by atoms with E-state index in [4.69, 9.17) is 19.3 Å². The molecule has 1 N–H and O–H groups in total. The highest BCUT2D eigenvalue weighted by molar-refractivity contribution is 5.74. The van der Waals surface area contributed by atoms with Gasteiger partial charge < -0.3 is 24.4 Å². The number of rotatable bonds is 10. The van der Waals surface area contributed by atoms with Crippen LogP contribution < -0.4 is 14.8 Å². The lowest BCUT2D eigenvalue weighted by Gasteiger charge is -2.26. The molecular weight excluding hydrogens is 444 g/mol. The fourth-order valence-electron chi connectivity index (χ4n) is 4.13. The van der Waals surface area contributed by atoms with Crippen molar-refractivity contribution in [3.05, 3.63) is 65.9 Å². The summed E-state index contributed by atoms with van der Waals surface area (Å²) in [6.45, 7) is 6.22. The Balaban J connectivity index is 1.70. The van der Waals surface area contributed by atoms with Gasteiger partial charge in [0.15, 0.2) is 0 Å². The normalized spacial score (nSPS) is 15.1. The van der Waals surface area contributed by atoms with Gasteiger partial charge in [-0.3, -0.25) is 0 Å². The monoisotopic (exact) mass is 478 g/mol. The molecule has 0 aliphatic carbocycles. The minimum absolute atomic E-state index is 0.0367. The maximum atomic E-state index is 13.1.